The predicted molar refractivity (Wildman–Crippen MR) is 56.8 cm³/mol. The van der Waals surface area contributed by atoms with E-state index in [1.54, 1.807) is 19.1 Å². The highest BCUT2D eigenvalue weighted by atomic mass is 35.5. The molecule has 0 N–H and O–H groups in total. The van der Waals surface area contributed by atoms with Crippen molar-refractivity contribution in [2.24, 2.45) is 0 Å². The van der Waals surface area contributed by atoms with Crippen molar-refractivity contribution in [1.82, 2.24) is 0 Å². The van der Waals surface area contributed by atoms with Crippen molar-refractivity contribution in [3.63, 3.8) is 0 Å². The van der Waals surface area contributed by atoms with Gasteiger partial charge in [0.05, 0.1) is 24.3 Å². The van der Waals surface area contributed by atoms with Crippen LogP contribution < -0.4 is 0 Å². The first-order valence-electron chi connectivity index (χ1n) is 4.32. The summed E-state index contributed by atoms with van der Waals surface area (Å²) in [5, 5.41) is 8.89. The van der Waals surface area contributed by atoms with Crippen LogP contribution in [0.25, 0.3) is 0 Å². The van der Waals surface area contributed by atoms with Crippen LogP contribution in [-0.2, 0) is 10.6 Å². The number of halogens is 1. The maximum Gasteiger partial charge on any atom is 0.337 e. The van der Waals surface area contributed by atoms with Gasteiger partial charge >= 0.3 is 5.97 Å². The van der Waals surface area contributed by atoms with Crippen LogP contribution in [-0.4, -0.2) is 13.1 Å². The lowest BCUT2D eigenvalue weighted by atomic mass is 10.0. The topological polar surface area (TPSA) is 50.1 Å². The number of carbonyl (C=O) groups is 1. The van der Waals surface area contributed by atoms with Gasteiger partial charge in [-0.3, -0.25) is 0 Å². The maximum absolute atomic E-state index is 11.3. The third-order valence-electron chi connectivity index (χ3n) is 2.09. The lowest BCUT2D eigenvalue weighted by Gasteiger charge is -2.06. The quantitative estimate of drug-likeness (QED) is 0.571. The Morgan fingerprint density at radius 2 is 2.27 bits per heavy atom. The van der Waals surface area contributed by atoms with Crippen LogP contribution in [0.2, 0.25) is 0 Å². The second kappa shape index (κ2) is 4.81. The van der Waals surface area contributed by atoms with E-state index in [0.717, 1.165) is 5.56 Å². The molecule has 0 spiro atoms. The zero-order valence-electron chi connectivity index (χ0n) is 8.50. The smallest absolute Gasteiger partial charge is 0.337 e. The Kier molecular flexibility index (Phi) is 3.70. The van der Waals surface area contributed by atoms with Crippen LogP contribution in [0.1, 0.15) is 27.0 Å². The van der Waals surface area contributed by atoms with Crippen molar-refractivity contribution < 1.29 is 9.53 Å². The maximum atomic E-state index is 11.3. The van der Waals surface area contributed by atoms with Crippen LogP contribution in [0, 0.1) is 18.3 Å². The zero-order chi connectivity index (χ0) is 11.4. The first kappa shape index (κ1) is 11.5. The third-order valence-corrected chi connectivity index (χ3v) is 2.38. The van der Waals surface area contributed by atoms with E-state index >= 15 is 0 Å². The summed E-state index contributed by atoms with van der Waals surface area (Å²) < 4.78 is 4.60. The van der Waals surface area contributed by atoms with Crippen molar-refractivity contribution in [2.45, 2.75) is 12.8 Å². The lowest BCUT2D eigenvalue weighted by molar-refractivity contribution is 0.0600. The fourth-order valence-corrected chi connectivity index (χ4v) is 1.57. The minimum atomic E-state index is -0.422. The van der Waals surface area contributed by atoms with Crippen molar-refractivity contribution in [1.29, 1.82) is 5.26 Å². The van der Waals surface area contributed by atoms with Gasteiger partial charge in [0.1, 0.15) is 0 Å². The minimum absolute atomic E-state index is 0.203. The summed E-state index contributed by atoms with van der Waals surface area (Å²) in [6, 6.07) is 5.28. The second-order valence-electron chi connectivity index (χ2n) is 3.06. The summed E-state index contributed by atoms with van der Waals surface area (Å²) in [5.74, 6) is -0.219. The van der Waals surface area contributed by atoms with Crippen molar-refractivity contribution >= 4 is 17.6 Å². The van der Waals surface area contributed by atoms with E-state index in [4.69, 9.17) is 16.9 Å². The van der Waals surface area contributed by atoms with E-state index in [0.29, 0.717) is 16.7 Å². The fraction of sp³-hybridized carbons (Fsp3) is 0.273. The summed E-state index contributed by atoms with van der Waals surface area (Å²) in [7, 11) is 1.32. The minimum Gasteiger partial charge on any atom is -0.465 e. The van der Waals surface area contributed by atoms with Crippen molar-refractivity contribution in [2.75, 3.05) is 7.11 Å². The standard InChI is InChI=1S/C11H10ClNO2/c1-7-3-8(11(14)15-2)4-9(5-12)10(7)6-13/h3-4H,5H2,1-2H3. The normalized spacial score (nSPS) is 9.47. The summed E-state index contributed by atoms with van der Waals surface area (Å²) in [6.45, 7) is 1.76. The summed E-state index contributed by atoms with van der Waals surface area (Å²) >= 11 is 5.70. The van der Waals surface area contributed by atoms with Crippen LogP contribution in [0.3, 0.4) is 0 Å². The molecule has 0 fully saturated rings. The molecule has 1 aromatic rings. The van der Waals surface area contributed by atoms with Gasteiger partial charge in [-0.15, -0.1) is 11.6 Å². The molecule has 0 unspecified atom stereocenters. The highest BCUT2D eigenvalue weighted by molar-refractivity contribution is 6.17. The molecule has 0 aromatic heterocycles. The van der Waals surface area contributed by atoms with Gasteiger partial charge in [0.15, 0.2) is 0 Å². The highest BCUT2D eigenvalue weighted by Gasteiger charge is 2.12. The van der Waals surface area contributed by atoms with Gasteiger partial charge in [0, 0.05) is 5.88 Å². The number of rotatable bonds is 2. The third kappa shape index (κ3) is 2.28. The Morgan fingerprint density at radius 3 is 2.73 bits per heavy atom. The number of benzene rings is 1. The van der Waals surface area contributed by atoms with Gasteiger partial charge in [0.2, 0.25) is 0 Å². The molecule has 0 aliphatic rings. The van der Waals surface area contributed by atoms with Crippen molar-refractivity contribution in [3.8, 4) is 6.07 Å². The van der Waals surface area contributed by atoms with E-state index in [1.165, 1.54) is 7.11 Å². The molecule has 0 amide bonds. The number of aryl methyl sites for hydroxylation is 1. The monoisotopic (exact) mass is 223 g/mol. The number of carbonyl (C=O) groups excluding carboxylic acids is 1. The molecule has 0 bridgehead atoms. The van der Waals surface area contributed by atoms with Gasteiger partial charge in [-0.25, -0.2) is 4.79 Å². The molecule has 0 saturated carbocycles. The molecule has 0 heterocycles. The molecule has 78 valence electrons. The van der Waals surface area contributed by atoms with Gasteiger partial charge in [-0.2, -0.15) is 5.26 Å². The van der Waals surface area contributed by atoms with E-state index < -0.39 is 5.97 Å². The number of hydrogen-bond donors (Lipinski definition) is 0. The zero-order valence-corrected chi connectivity index (χ0v) is 9.26. The van der Waals surface area contributed by atoms with Crippen LogP contribution in [0.15, 0.2) is 12.1 Å². The van der Waals surface area contributed by atoms with Crippen LogP contribution in [0.4, 0.5) is 0 Å². The Hall–Kier alpha value is -1.53. The summed E-state index contributed by atoms with van der Waals surface area (Å²) in [4.78, 5) is 11.3. The van der Waals surface area contributed by atoms with Gasteiger partial charge < -0.3 is 4.74 Å². The first-order valence-corrected chi connectivity index (χ1v) is 4.85. The SMILES string of the molecule is COC(=O)c1cc(C)c(C#N)c(CCl)c1. The van der Waals surface area contributed by atoms with Crippen LogP contribution >= 0.6 is 11.6 Å². The number of alkyl halides is 1. The molecule has 0 saturated heterocycles. The molecule has 1 aromatic carbocycles. The molecular formula is C11H10ClNO2. The molecule has 3 nitrogen and oxygen atoms in total. The number of ether oxygens (including phenoxy) is 1. The molecule has 1 rings (SSSR count). The lowest BCUT2D eigenvalue weighted by Crippen LogP contribution is -2.04. The number of nitriles is 1. The molecule has 4 heteroatoms. The number of methoxy groups -OCH3 is 1. The molecule has 15 heavy (non-hydrogen) atoms. The average molecular weight is 224 g/mol. The Balaban J connectivity index is 3.33. The molecule has 0 aliphatic heterocycles. The van der Waals surface area contributed by atoms with E-state index in [2.05, 4.69) is 10.8 Å². The predicted octanol–water partition coefficient (Wildman–Crippen LogP) is 2.39. The number of hydrogen-bond acceptors (Lipinski definition) is 3. The molecule has 0 aliphatic carbocycles. The van der Waals surface area contributed by atoms with Gasteiger partial charge in [-0.1, -0.05) is 0 Å². The van der Waals surface area contributed by atoms with Gasteiger partial charge in [-0.05, 0) is 30.2 Å². The number of nitrogens with zero attached hydrogens (tertiary/aromatic N) is 1. The molecular weight excluding hydrogens is 214 g/mol. The average Bonchev–Trinajstić information content (AvgIpc) is 2.26. The molecule has 0 atom stereocenters. The summed E-state index contributed by atoms with van der Waals surface area (Å²) in [5.41, 5.74) is 2.33. The second-order valence-corrected chi connectivity index (χ2v) is 3.33. The highest BCUT2D eigenvalue weighted by Crippen LogP contribution is 2.18. The van der Waals surface area contributed by atoms with Gasteiger partial charge in [0.25, 0.3) is 0 Å². The molecule has 0 radical (unpaired) electrons. The number of esters is 1. The van der Waals surface area contributed by atoms with E-state index in [9.17, 15) is 4.79 Å². The Bertz CT molecular complexity index is 435. The van der Waals surface area contributed by atoms with Crippen molar-refractivity contribution in [3.05, 3.63) is 34.4 Å². The van der Waals surface area contributed by atoms with E-state index in [-0.39, 0.29) is 5.88 Å². The first-order chi connectivity index (χ1) is 7.13. The largest absolute Gasteiger partial charge is 0.465 e. The summed E-state index contributed by atoms with van der Waals surface area (Å²) in [6.07, 6.45) is 0. The van der Waals surface area contributed by atoms with Crippen LogP contribution in [0.5, 0.6) is 0 Å². The Labute approximate surface area is 93.2 Å². The Morgan fingerprint density at radius 1 is 1.60 bits per heavy atom. The fourth-order valence-electron chi connectivity index (χ4n) is 1.36. The van der Waals surface area contributed by atoms with E-state index in [1.807, 2.05) is 0 Å².